The van der Waals surface area contributed by atoms with Crippen LogP contribution in [0.3, 0.4) is 0 Å². The summed E-state index contributed by atoms with van der Waals surface area (Å²) in [7, 11) is 0. The lowest BCUT2D eigenvalue weighted by Gasteiger charge is -2.39. The van der Waals surface area contributed by atoms with E-state index in [0.717, 1.165) is 17.9 Å². The third-order valence-electron chi connectivity index (χ3n) is 5.31. The SMILES string of the molecule is CC1CCC(C)C(NCC2(C)CCCCC2)C1. The first kappa shape index (κ1) is 13.4. The van der Waals surface area contributed by atoms with Crippen LogP contribution >= 0.6 is 0 Å². The van der Waals surface area contributed by atoms with Gasteiger partial charge in [0, 0.05) is 12.6 Å². The molecule has 100 valence electrons. The van der Waals surface area contributed by atoms with Gasteiger partial charge in [0.2, 0.25) is 0 Å². The molecule has 0 amide bonds. The Hall–Kier alpha value is -0.0400. The van der Waals surface area contributed by atoms with Crippen molar-refractivity contribution in [1.82, 2.24) is 5.32 Å². The van der Waals surface area contributed by atoms with Crippen LogP contribution in [0, 0.1) is 17.3 Å². The molecule has 3 unspecified atom stereocenters. The van der Waals surface area contributed by atoms with E-state index in [1.807, 2.05) is 0 Å². The second-order valence-electron chi connectivity index (χ2n) is 7.25. The van der Waals surface area contributed by atoms with Crippen molar-refractivity contribution >= 4 is 0 Å². The second-order valence-corrected chi connectivity index (χ2v) is 7.25. The number of rotatable bonds is 3. The highest BCUT2D eigenvalue weighted by Gasteiger charge is 2.30. The Morgan fingerprint density at radius 1 is 1.06 bits per heavy atom. The van der Waals surface area contributed by atoms with Crippen LogP contribution in [-0.4, -0.2) is 12.6 Å². The highest BCUT2D eigenvalue weighted by atomic mass is 14.9. The van der Waals surface area contributed by atoms with Gasteiger partial charge in [-0.15, -0.1) is 0 Å². The molecule has 1 nitrogen and oxygen atoms in total. The summed E-state index contributed by atoms with van der Waals surface area (Å²) in [6.07, 6.45) is 11.5. The van der Waals surface area contributed by atoms with Gasteiger partial charge in [0.15, 0.2) is 0 Å². The van der Waals surface area contributed by atoms with Gasteiger partial charge in [-0.05, 0) is 42.9 Å². The standard InChI is InChI=1S/C16H31N/c1-13-7-8-14(2)15(11-13)17-12-16(3)9-5-4-6-10-16/h13-15,17H,4-12H2,1-3H3. The van der Waals surface area contributed by atoms with Crippen LogP contribution in [0.25, 0.3) is 0 Å². The average molecular weight is 237 g/mol. The molecule has 2 aliphatic rings. The van der Waals surface area contributed by atoms with Gasteiger partial charge in [-0.3, -0.25) is 0 Å². The first-order valence-corrected chi connectivity index (χ1v) is 7.82. The van der Waals surface area contributed by atoms with Crippen LogP contribution in [0.15, 0.2) is 0 Å². The first-order chi connectivity index (χ1) is 8.09. The summed E-state index contributed by atoms with van der Waals surface area (Å²) in [5.74, 6) is 1.82. The molecule has 0 radical (unpaired) electrons. The van der Waals surface area contributed by atoms with Crippen LogP contribution < -0.4 is 5.32 Å². The summed E-state index contributed by atoms with van der Waals surface area (Å²) >= 11 is 0. The Kier molecular flexibility index (Phi) is 4.52. The Bertz CT molecular complexity index is 230. The summed E-state index contributed by atoms with van der Waals surface area (Å²) < 4.78 is 0. The van der Waals surface area contributed by atoms with Crippen molar-refractivity contribution in [3.63, 3.8) is 0 Å². The zero-order chi connectivity index (χ0) is 12.3. The summed E-state index contributed by atoms with van der Waals surface area (Å²) in [6.45, 7) is 8.61. The maximum atomic E-state index is 3.91. The normalized spacial score (nSPS) is 37.9. The van der Waals surface area contributed by atoms with Gasteiger partial charge in [0.1, 0.15) is 0 Å². The minimum atomic E-state index is 0.596. The molecule has 0 heterocycles. The fraction of sp³-hybridized carbons (Fsp3) is 1.00. The fourth-order valence-corrected chi connectivity index (χ4v) is 3.78. The lowest BCUT2D eigenvalue weighted by molar-refractivity contribution is 0.165. The van der Waals surface area contributed by atoms with Crippen molar-refractivity contribution < 1.29 is 0 Å². The van der Waals surface area contributed by atoms with Gasteiger partial charge < -0.3 is 5.32 Å². The lowest BCUT2D eigenvalue weighted by Crippen LogP contribution is -2.44. The maximum absolute atomic E-state index is 3.91. The minimum Gasteiger partial charge on any atom is -0.313 e. The van der Waals surface area contributed by atoms with E-state index in [0.29, 0.717) is 5.41 Å². The van der Waals surface area contributed by atoms with Crippen LogP contribution in [0.5, 0.6) is 0 Å². The van der Waals surface area contributed by atoms with Gasteiger partial charge in [-0.25, -0.2) is 0 Å². The smallest absolute Gasteiger partial charge is 0.00954 e. The van der Waals surface area contributed by atoms with Crippen molar-refractivity contribution in [3.05, 3.63) is 0 Å². The Balaban J connectivity index is 1.79. The number of hydrogen-bond donors (Lipinski definition) is 1. The van der Waals surface area contributed by atoms with Crippen molar-refractivity contribution in [2.75, 3.05) is 6.54 Å². The van der Waals surface area contributed by atoms with Gasteiger partial charge in [-0.2, -0.15) is 0 Å². The molecule has 2 fully saturated rings. The monoisotopic (exact) mass is 237 g/mol. The van der Waals surface area contributed by atoms with Gasteiger partial charge in [-0.1, -0.05) is 46.5 Å². The molecule has 0 bridgehead atoms. The highest BCUT2D eigenvalue weighted by molar-refractivity contribution is 4.86. The summed E-state index contributed by atoms with van der Waals surface area (Å²) in [6, 6.07) is 0.789. The zero-order valence-electron chi connectivity index (χ0n) is 12.1. The number of nitrogens with one attached hydrogen (secondary N) is 1. The molecule has 0 aromatic heterocycles. The minimum absolute atomic E-state index is 0.596. The van der Waals surface area contributed by atoms with Crippen molar-refractivity contribution in [3.8, 4) is 0 Å². The predicted molar refractivity (Wildman–Crippen MR) is 75.2 cm³/mol. The summed E-state index contributed by atoms with van der Waals surface area (Å²) in [5.41, 5.74) is 0.596. The Morgan fingerprint density at radius 2 is 1.76 bits per heavy atom. The molecular formula is C16H31N. The fourth-order valence-electron chi connectivity index (χ4n) is 3.78. The molecule has 2 aliphatic carbocycles. The van der Waals surface area contributed by atoms with Crippen LogP contribution in [0.2, 0.25) is 0 Å². The Labute approximate surface area is 108 Å². The van der Waals surface area contributed by atoms with E-state index < -0.39 is 0 Å². The van der Waals surface area contributed by atoms with Gasteiger partial charge in [0.05, 0.1) is 0 Å². The number of hydrogen-bond acceptors (Lipinski definition) is 1. The molecule has 0 aliphatic heterocycles. The average Bonchev–Trinajstić information content (AvgIpc) is 2.31. The van der Waals surface area contributed by atoms with Crippen molar-refractivity contribution in [1.29, 1.82) is 0 Å². The van der Waals surface area contributed by atoms with E-state index >= 15 is 0 Å². The van der Waals surface area contributed by atoms with Gasteiger partial charge in [0.25, 0.3) is 0 Å². The predicted octanol–water partition coefficient (Wildman–Crippen LogP) is 4.37. The largest absolute Gasteiger partial charge is 0.313 e. The second kappa shape index (κ2) is 5.73. The molecule has 0 saturated heterocycles. The van der Waals surface area contributed by atoms with E-state index in [9.17, 15) is 0 Å². The molecule has 0 spiro atoms. The van der Waals surface area contributed by atoms with E-state index in [-0.39, 0.29) is 0 Å². The molecule has 2 rings (SSSR count). The molecule has 0 aromatic rings. The maximum Gasteiger partial charge on any atom is 0.00954 e. The van der Waals surface area contributed by atoms with Crippen LogP contribution in [0.4, 0.5) is 0 Å². The molecule has 17 heavy (non-hydrogen) atoms. The van der Waals surface area contributed by atoms with E-state index in [2.05, 4.69) is 26.1 Å². The van der Waals surface area contributed by atoms with Crippen LogP contribution in [0.1, 0.15) is 72.1 Å². The summed E-state index contributed by atoms with van der Waals surface area (Å²) in [5, 5.41) is 3.91. The molecular weight excluding hydrogens is 206 g/mol. The molecule has 3 atom stereocenters. The van der Waals surface area contributed by atoms with Crippen molar-refractivity contribution in [2.24, 2.45) is 17.3 Å². The van der Waals surface area contributed by atoms with Gasteiger partial charge >= 0.3 is 0 Å². The zero-order valence-corrected chi connectivity index (χ0v) is 12.1. The third kappa shape index (κ3) is 3.71. The molecule has 1 heteroatoms. The van der Waals surface area contributed by atoms with Crippen molar-refractivity contribution in [2.45, 2.75) is 78.2 Å². The molecule has 2 saturated carbocycles. The van der Waals surface area contributed by atoms with Crippen LogP contribution in [-0.2, 0) is 0 Å². The molecule has 0 aromatic carbocycles. The first-order valence-electron chi connectivity index (χ1n) is 7.82. The lowest BCUT2D eigenvalue weighted by atomic mass is 9.74. The van der Waals surface area contributed by atoms with E-state index in [1.165, 1.54) is 57.9 Å². The topological polar surface area (TPSA) is 12.0 Å². The summed E-state index contributed by atoms with van der Waals surface area (Å²) in [4.78, 5) is 0. The highest BCUT2D eigenvalue weighted by Crippen LogP contribution is 2.36. The quantitative estimate of drug-likeness (QED) is 0.768. The molecule has 1 N–H and O–H groups in total. The third-order valence-corrected chi connectivity index (χ3v) is 5.31. The van der Waals surface area contributed by atoms with E-state index in [4.69, 9.17) is 0 Å². The Morgan fingerprint density at radius 3 is 2.47 bits per heavy atom. The van der Waals surface area contributed by atoms with E-state index in [1.54, 1.807) is 0 Å².